The molecule has 4 nitrogen and oxygen atoms in total. The van der Waals surface area contributed by atoms with Crippen LogP contribution in [0.5, 0.6) is 17.2 Å². The van der Waals surface area contributed by atoms with Gasteiger partial charge in [-0.05, 0) is 24.3 Å². The summed E-state index contributed by atoms with van der Waals surface area (Å²) in [5, 5.41) is 9.12. The van der Waals surface area contributed by atoms with E-state index in [0.29, 0.717) is 5.75 Å². The lowest BCUT2D eigenvalue weighted by atomic mass is 10.0. The highest BCUT2D eigenvalue weighted by Gasteiger charge is 2.48. The average Bonchev–Trinajstić information content (AvgIpc) is 2.54. The molecular formula is C17H10ClF3O4. The van der Waals surface area contributed by atoms with Crippen molar-refractivity contribution in [3.63, 3.8) is 0 Å². The fourth-order valence-electron chi connectivity index (χ4n) is 2.31. The van der Waals surface area contributed by atoms with Gasteiger partial charge < -0.3 is 14.6 Å². The molecule has 1 N–H and O–H groups in total. The topological polar surface area (TPSA) is 55.8 Å². The molecule has 0 amide bonds. The van der Waals surface area contributed by atoms with Crippen molar-refractivity contribution >= 4 is 23.6 Å². The number of benzene rings is 2. The summed E-state index contributed by atoms with van der Waals surface area (Å²) in [6.45, 7) is 0. The quantitative estimate of drug-likeness (QED) is 0.833. The van der Waals surface area contributed by atoms with Crippen molar-refractivity contribution < 1.29 is 32.5 Å². The molecule has 0 saturated carbocycles. The monoisotopic (exact) mass is 370 g/mol. The highest BCUT2D eigenvalue weighted by molar-refractivity contribution is 6.32. The Hall–Kier alpha value is -2.67. The number of hydrogen-bond donors (Lipinski definition) is 1. The predicted octanol–water partition coefficient (Wildman–Crippen LogP) is 4.92. The van der Waals surface area contributed by atoms with Gasteiger partial charge in [-0.1, -0.05) is 29.8 Å². The third-order valence-electron chi connectivity index (χ3n) is 3.42. The van der Waals surface area contributed by atoms with Crippen LogP contribution < -0.4 is 9.47 Å². The van der Waals surface area contributed by atoms with Gasteiger partial charge >= 0.3 is 12.1 Å². The van der Waals surface area contributed by atoms with Crippen LogP contribution >= 0.6 is 11.6 Å². The molecule has 1 aliphatic heterocycles. The van der Waals surface area contributed by atoms with Crippen molar-refractivity contribution in [2.45, 2.75) is 12.3 Å². The molecule has 25 heavy (non-hydrogen) atoms. The van der Waals surface area contributed by atoms with Gasteiger partial charge in [0.05, 0.1) is 10.6 Å². The van der Waals surface area contributed by atoms with Crippen LogP contribution in [0.1, 0.15) is 5.56 Å². The first-order valence-electron chi connectivity index (χ1n) is 7.00. The van der Waals surface area contributed by atoms with Gasteiger partial charge in [0.2, 0.25) is 6.10 Å². The van der Waals surface area contributed by atoms with Crippen LogP contribution in [0.15, 0.2) is 48.0 Å². The van der Waals surface area contributed by atoms with Crippen LogP contribution in [0, 0.1) is 0 Å². The summed E-state index contributed by atoms with van der Waals surface area (Å²) in [5.41, 5.74) is -0.781. The molecule has 0 aromatic heterocycles. The molecule has 0 saturated heterocycles. The van der Waals surface area contributed by atoms with E-state index in [2.05, 4.69) is 0 Å². The van der Waals surface area contributed by atoms with E-state index in [9.17, 15) is 18.0 Å². The summed E-state index contributed by atoms with van der Waals surface area (Å²) < 4.78 is 49.7. The van der Waals surface area contributed by atoms with Gasteiger partial charge in [-0.2, -0.15) is 13.2 Å². The molecule has 1 aliphatic rings. The van der Waals surface area contributed by atoms with Crippen LogP contribution in [-0.2, 0) is 4.79 Å². The summed E-state index contributed by atoms with van der Waals surface area (Å²) in [7, 11) is 0. The van der Waals surface area contributed by atoms with Crippen LogP contribution in [0.25, 0.3) is 6.08 Å². The van der Waals surface area contributed by atoms with Crippen molar-refractivity contribution in [3.05, 3.63) is 58.6 Å². The molecule has 0 aliphatic carbocycles. The molecule has 0 spiro atoms. The highest BCUT2D eigenvalue weighted by atomic mass is 35.5. The number of fused-ring (bicyclic) bond motifs is 1. The van der Waals surface area contributed by atoms with E-state index in [-0.39, 0.29) is 22.1 Å². The second-order valence-electron chi connectivity index (χ2n) is 5.18. The minimum Gasteiger partial charge on any atom is -0.478 e. The van der Waals surface area contributed by atoms with Crippen molar-refractivity contribution in [1.82, 2.24) is 0 Å². The summed E-state index contributed by atoms with van der Waals surface area (Å²) in [6, 6.07) is 11.0. The van der Waals surface area contributed by atoms with Crippen LogP contribution in [0.2, 0.25) is 5.02 Å². The Morgan fingerprint density at radius 2 is 1.88 bits per heavy atom. The van der Waals surface area contributed by atoms with Crippen LogP contribution in [0.3, 0.4) is 0 Å². The normalized spacial score (nSPS) is 16.5. The second-order valence-corrected chi connectivity index (χ2v) is 5.59. The molecular weight excluding hydrogens is 361 g/mol. The maximum absolute atomic E-state index is 13.1. The molecule has 2 aromatic carbocycles. The summed E-state index contributed by atoms with van der Waals surface area (Å²) in [6.07, 6.45) is -6.54. The molecule has 0 bridgehead atoms. The smallest absolute Gasteiger partial charge is 0.430 e. The van der Waals surface area contributed by atoms with Crippen LogP contribution in [-0.4, -0.2) is 23.4 Å². The molecule has 3 rings (SSSR count). The van der Waals surface area contributed by atoms with Gasteiger partial charge in [0.25, 0.3) is 0 Å². The first kappa shape index (κ1) is 17.2. The zero-order valence-electron chi connectivity index (χ0n) is 12.4. The Morgan fingerprint density at radius 1 is 1.20 bits per heavy atom. The maximum atomic E-state index is 13.1. The molecule has 2 aromatic rings. The molecule has 0 fully saturated rings. The Balaban J connectivity index is 2.02. The van der Waals surface area contributed by atoms with E-state index in [0.717, 1.165) is 6.08 Å². The summed E-state index contributed by atoms with van der Waals surface area (Å²) >= 11 is 6.09. The van der Waals surface area contributed by atoms with E-state index in [1.165, 1.54) is 12.1 Å². The average molecular weight is 371 g/mol. The van der Waals surface area contributed by atoms with Gasteiger partial charge in [-0.15, -0.1) is 0 Å². The molecule has 130 valence electrons. The molecule has 0 unspecified atom stereocenters. The summed E-state index contributed by atoms with van der Waals surface area (Å²) in [4.78, 5) is 11.1. The van der Waals surface area contributed by atoms with E-state index in [1.54, 1.807) is 30.3 Å². The Kier molecular flexibility index (Phi) is 4.34. The Morgan fingerprint density at radius 3 is 2.48 bits per heavy atom. The van der Waals surface area contributed by atoms with E-state index in [4.69, 9.17) is 26.2 Å². The predicted molar refractivity (Wildman–Crippen MR) is 84.1 cm³/mol. The largest absolute Gasteiger partial charge is 0.478 e. The zero-order valence-corrected chi connectivity index (χ0v) is 13.1. The fourth-order valence-corrected chi connectivity index (χ4v) is 2.52. The molecule has 8 heteroatoms. The lowest BCUT2D eigenvalue weighted by molar-refractivity contribution is -0.187. The van der Waals surface area contributed by atoms with Crippen molar-refractivity contribution in [3.8, 4) is 17.2 Å². The third-order valence-corrected chi connectivity index (χ3v) is 3.71. The fraction of sp³-hybridized carbons (Fsp3) is 0.118. The Bertz CT molecular complexity index is 847. The first-order chi connectivity index (χ1) is 11.8. The lowest BCUT2D eigenvalue weighted by Gasteiger charge is -2.27. The number of carbonyl (C=O) groups is 1. The number of carboxylic acids is 1. The first-order valence-corrected chi connectivity index (χ1v) is 7.38. The van der Waals surface area contributed by atoms with E-state index in [1.807, 2.05) is 0 Å². The van der Waals surface area contributed by atoms with E-state index >= 15 is 0 Å². The van der Waals surface area contributed by atoms with Crippen molar-refractivity contribution in [2.24, 2.45) is 0 Å². The zero-order chi connectivity index (χ0) is 18.2. The minimum atomic E-state index is -4.87. The number of alkyl halides is 3. The number of hydrogen-bond acceptors (Lipinski definition) is 3. The number of para-hydroxylation sites is 1. The molecule has 1 atom stereocenters. The minimum absolute atomic E-state index is 0.0970. The number of aliphatic carboxylic acids is 1. The van der Waals surface area contributed by atoms with Gasteiger partial charge in [0.15, 0.2) is 0 Å². The third kappa shape index (κ3) is 3.56. The van der Waals surface area contributed by atoms with Crippen LogP contribution in [0.4, 0.5) is 13.2 Å². The van der Waals surface area contributed by atoms with Crippen molar-refractivity contribution in [2.75, 3.05) is 0 Å². The van der Waals surface area contributed by atoms with Gasteiger partial charge in [0.1, 0.15) is 17.2 Å². The SMILES string of the molecule is O=C(O)C1=Cc2cc(Cl)c(Oc3ccccc3)cc2O[C@@H]1C(F)(F)F. The molecule has 0 radical (unpaired) electrons. The van der Waals surface area contributed by atoms with E-state index < -0.39 is 23.8 Å². The second kappa shape index (κ2) is 6.33. The van der Waals surface area contributed by atoms with Gasteiger partial charge in [0, 0.05) is 11.6 Å². The lowest BCUT2D eigenvalue weighted by Crippen LogP contribution is -2.40. The van der Waals surface area contributed by atoms with Gasteiger partial charge in [-0.25, -0.2) is 4.79 Å². The standard InChI is InChI=1S/C17H10ClF3O4/c18-12-7-9-6-11(16(22)23)15(17(19,20)21)25-13(9)8-14(12)24-10-4-2-1-3-5-10/h1-8,15H,(H,22,23)/t15-/m0/s1. The summed E-state index contributed by atoms with van der Waals surface area (Å²) in [5.74, 6) is -1.34. The molecule has 1 heterocycles. The van der Waals surface area contributed by atoms with Crippen molar-refractivity contribution in [1.29, 1.82) is 0 Å². The number of carboxylic acid groups (broad SMARTS) is 1. The number of rotatable bonds is 3. The Labute approximate surface area is 145 Å². The highest BCUT2D eigenvalue weighted by Crippen LogP contribution is 2.42. The number of halogens is 4. The maximum Gasteiger partial charge on any atom is 0.430 e. The number of ether oxygens (including phenoxy) is 2. The van der Waals surface area contributed by atoms with Gasteiger partial charge in [-0.3, -0.25) is 0 Å².